The molecule has 1 N–H and O–H groups in total. The number of hydrogen-bond donors (Lipinski definition) is 1. The molecular formula is C13H16N2O4. The maximum Gasteiger partial charge on any atom is 0.265 e. The predicted octanol–water partition coefficient (Wildman–Crippen LogP) is -2.08. The van der Waals surface area contributed by atoms with Crippen molar-refractivity contribution in [3.05, 3.63) is 23.8 Å². The number of likely N-dealkylation sites (N-methyl/N-ethyl adjacent to an activating group) is 1. The molecular weight excluding hydrogens is 248 g/mol. The molecule has 0 aliphatic carbocycles. The largest absolute Gasteiger partial charge is 0.545 e. The zero-order valence-electron chi connectivity index (χ0n) is 10.9. The minimum absolute atomic E-state index is 0.0475. The first kappa shape index (κ1) is 13.4. The second-order valence-electron chi connectivity index (χ2n) is 4.76. The van der Waals surface area contributed by atoms with Gasteiger partial charge in [-0.15, -0.1) is 0 Å². The number of nitrogens with zero attached hydrogens (tertiary/aromatic N) is 1. The number of carboxylic acid groups (broad SMARTS) is 1. The topological polar surface area (TPSA) is 74.1 Å². The average molecular weight is 264 g/mol. The molecule has 0 unspecified atom stereocenters. The lowest BCUT2D eigenvalue weighted by Crippen LogP contribution is -3.06. The van der Waals surface area contributed by atoms with Crippen molar-refractivity contribution in [2.75, 3.05) is 38.7 Å². The van der Waals surface area contributed by atoms with Crippen molar-refractivity contribution in [3.8, 4) is 5.75 Å². The van der Waals surface area contributed by atoms with Crippen molar-refractivity contribution >= 4 is 17.6 Å². The Balaban J connectivity index is 2.28. The number of fused-ring (bicyclic) bond motifs is 1. The van der Waals surface area contributed by atoms with Gasteiger partial charge in [0.2, 0.25) is 0 Å². The summed E-state index contributed by atoms with van der Waals surface area (Å²) >= 11 is 0. The van der Waals surface area contributed by atoms with Gasteiger partial charge in [-0.2, -0.15) is 0 Å². The molecule has 1 aromatic carbocycles. The quantitative estimate of drug-likeness (QED) is 0.677. The highest BCUT2D eigenvalue weighted by Gasteiger charge is 2.26. The second-order valence-corrected chi connectivity index (χ2v) is 4.76. The molecule has 6 nitrogen and oxygen atoms in total. The molecule has 19 heavy (non-hydrogen) atoms. The van der Waals surface area contributed by atoms with Gasteiger partial charge in [0.15, 0.2) is 6.61 Å². The highest BCUT2D eigenvalue weighted by atomic mass is 16.5. The van der Waals surface area contributed by atoms with Gasteiger partial charge in [-0.25, -0.2) is 0 Å². The summed E-state index contributed by atoms with van der Waals surface area (Å²) in [6, 6.07) is 4.40. The van der Waals surface area contributed by atoms with E-state index >= 15 is 0 Å². The monoisotopic (exact) mass is 264 g/mol. The van der Waals surface area contributed by atoms with Crippen molar-refractivity contribution in [1.29, 1.82) is 0 Å². The summed E-state index contributed by atoms with van der Waals surface area (Å²) in [5.41, 5.74) is 0.661. The van der Waals surface area contributed by atoms with Crippen LogP contribution in [0.1, 0.15) is 10.4 Å². The van der Waals surface area contributed by atoms with Gasteiger partial charge in [-0.1, -0.05) is 6.07 Å². The van der Waals surface area contributed by atoms with Gasteiger partial charge in [0.25, 0.3) is 5.91 Å². The molecule has 0 aromatic heterocycles. The molecule has 0 saturated heterocycles. The first-order chi connectivity index (χ1) is 8.99. The zero-order chi connectivity index (χ0) is 14.0. The molecule has 102 valence electrons. The number of nitrogens with one attached hydrogen (secondary N) is 1. The summed E-state index contributed by atoms with van der Waals surface area (Å²) in [5, 5.41) is 10.8. The number of rotatable bonds is 4. The highest BCUT2D eigenvalue weighted by Crippen LogP contribution is 2.32. The number of benzene rings is 1. The van der Waals surface area contributed by atoms with Crippen LogP contribution in [0.2, 0.25) is 0 Å². The van der Waals surface area contributed by atoms with Crippen LogP contribution < -0.4 is 19.6 Å². The van der Waals surface area contributed by atoms with E-state index in [0.29, 0.717) is 18.0 Å². The Hall–Kier alpha value is -2.08. The van der Waals surface area contributed by atoms with E-state index in [4.69, 9.17) is 4.74 Å². The third kappa shape index (κ3) is 2.85. The molecule has 1 aliphatic rings. The van der Waals surface area contributed by atoms with Crippen LogP contribution in [-0.4, -0.2) is 45.7 Å². The fraction of sp³-hybridized carbons (Fsp3) is 0.385. The summed E-state index contributed by atoms with van der Waals surface area (Å²) in [6.45, 7) is 1.31. The van der Waals surface area contributed by atoms with Crippen molar-refractivity contribution in [3.63, 3.8) is 0 Å². The Morgan fingerprint density at radius 3 is 2.84 bits per heavy atom. The van der Waals surface area contributed by atoms with Gasteiger partial charge >= 0.3 is 0 Å². The molecule has 0 saturated carbocycles. The Kier molecular flexibility index (Phi) is 3.71. The minimum atomic E-state index is -1.26. The van der Waals surface area contributed by atoms with E-state index in [1.165, 1.54) is 17.0 Å². The lowest BCUT2D eigenvalue weighted by atomic mass is 10.1. The third-order valence-corrected chi connectivity index (χ3v) is 2.97. The van der Waals surface area contributed by atoms with E-state index in [9.17, 15) is 14.7 Å². The number of carbonyl (C=O) groups excluding carboxylic acids is 2. The van der Waals surface area contributed by atoms with Crippen LogP contribution in [0.15, 0.2) is 18.2 Å². The number of amides is 1. The summed E-state index contributed by atoms with van der Waals surface area (Å²) in [6.07, 6.45) is 0. The van der Waals surface area contributed by atoms with E-state index in [1.807, 2.05) is 14.1 Å². The normalized spacial score (nSPS) is 14.3. The summed E-state index contributed by atoms with van der Waals surface area (Å²) in [4.78, 5) is 25.5. The van der Waals surface area contributed by atoms with E-state index in [2.05, 4.69) is 0 Å². The number of anilines is 1. The second kappa shape index (κ2) is 5.27. The highest BCUT2D eigenvalue weighted by molar-refractivity contribution is 5.99. The standard InChI is InChI=1S/C13H16N2O4/c1-14(2)5-6-15-10-4-3-9(13(17)18)7-11(10)19-8-12(15)16/h3-4,7H,5-6,8H2,1-2H3,(H,17,18). The fourth-order valence-corrected chi connectivity index (χ4v) is 1.91. The third-order valence-electron chi connectivity index (χ3n) is 2.97. The van der Waals surface area contributed by atoms with E-state index < -0.39 is 5.97 Å². The van der Waals surface area contributed by atoms with Crippen LogP contribution in [0.5, 0.6) is 5.75 Å². The summed E-state index contributed by atoms with van der Waals surface area (Å²) in [7, 11) is 4.01. The molecule has 0 bridgehead atoms. The Bertz CT molecular complexity index is 513. The van der Waals surface area contributed by atoms with Crippen LogP contribution in [0.3, 0.4) is 0 Å². The van der Waals surface area contributed by atoms with Crippen molar-refractivity contribution < 1.29 is 24.3 Å². The van der Waals surface area contributed by atoms with Crippen molar-refractivity contribution in [1.82, 2.24) is 0 Å². The SMILES string of the molecule is C[NH+](C)CCN1C(=O)COc2cc(C(=O)[O-])ccc21. The number of aromatic carboxylic acids is 1. The summed E-state index contributed by atoms with van der Waals surface area (Å²) < 4.78 is 5.27. The smallest absolute Gasteiger partial charge is 0.265 e. The molecule has 1 heterocycles. The molecule has 0 radical (unpaired) electrons. The molecule has 0 atom stereocenters. The molecule has 1 aromatic rings. The molecule has 1 amide bonds. The van der Waals surface area contributed by atoms with Gasteiger partial charge in [0.1, 0.15) is 5.75 Å². The van der Waals surface area contributed by atoms with Crippen LogP contribution in [0, 0.1) is 0 Å². The minimum Gasteiger partial charge on any atom is -0.545 e. The van der Waals surface area contributed by atoms with Gasteiger partial charge in [-0.3, -0.25) is 4.79 Å². The van der Waals surface area contributed by atoms with Crippen LogP contribution in [0.4, 0.5) is 5.69 Å². The first-order valence-corrected chi connectivity index (χ1v) is 6.06. The lowest BCUT2D eigenvalue weighted by molar-refractivity contribution is -0.856. The fourth-order valence-electron chi connectivity index (χ4n) is 1.91. The number of ether oxygens (including phenoxy) is 1. The van der Waals surface area contributed by atoms with Gasteiger partial charge < -0.3 is 24.4 Å². The Morgan fingerprint density at radius 1 is 1.47 bits per heavy atom. The predicted molar refractivity (Wildman–Crippen MR) is 66.3 cm³/mol. The zero-order valence-corrected chi connectivity index (χ0v) is 10.9. The van der Waals surface area contributed by atoms with Crippen molar-refractivity contribution in [2.24, 2.45) is 0 Å². The van der Waals surface area contributed by atoms with Crippen LogP contribution in [-0.2, 0) is 4.79 Å². The number of quaternary nitrogens is 1. The van der Waals surface area contributed by atoms with Gasteiger partial charge in [-0.05, 0) is 12.1 Å². The Labute approximate surface area is 111 Å². The average Bonchev–Trinajstić information content (AvgIpc) is 2.36. The molecule has 0 fully saturated rings. The Morgan fingerprint density at radius 2 is 2.21 bits per heavy atom. The van der Waals surface area contributed by atoms with Crippen molar-refractivity contribution in [2.45, 2.75) is 0 Å². The molecule has 6 heteroatoms. The maximum absolute atomic E-state index is 11.9. The molecule has 1 aliphatic heterocycles. The lowest BCUT2D eigenvalue weighted by Gasteiger charge is -2.29. The molecule has 2 rings (SSSR count). The van der Waals surface area contributed by atoms with E-state index in [1.54, 1.807) is 11.0 Å². The first-order valence-electron chi connectivity index (χ1n) is 6.06. The maximum atomic E-state index is 11.9. The van der Waals surface area contributed by atoms with Gasteiger partial charge in [0, 0.05) is 5.56 Å². The van der Waals surface area contributed by atoms with E-state index in [-0.39, 0.29) is 18.1 Å². The molecule has 0 spiro atoms. The van der Waals surface area contributed by atoms with Crippen LogP contribution in [0.25, 0.3) is 0 Å². The number of hydrogen-bond acceptors (Lipinski definition) is 4. The number of carbonyl (C=O) groups is 2. The summed E-state index contributed by atoms with van der Waals surface area (Å²) in [5.74, 6) is -0.961. The van der Waals surface area contributed by atoms with Crippen LogP contribution >= 0.6 is 0 Å². The van der Waals surface area contributed by atoms with Gasteiger partial charge in [0.05, 0.1) is 38.8 Å². The number of carboxylic acids is 1. The van der Waals surface area contributed by atoms with E-state index in [0.717, 1.165) is 6.54 Å².